The van der Waals surface area contributed by atoms with Crippen molar-refractivity contribution in [3.8, 4) is 16.2 Å². The number of benzene rings is 4. The molecular weight excluding hydrogens is 958 g/mol. The maximum atomic E-state index is 14.0. The number of thiazole rings is 1. The zero-order chi connectivity index (χ0) is 47.1. The number of aliphatic hydroxyl groups excluding tert-OH is 1. The molecule has 66 heavy (non-hydrogen) atoms. The van der Waals surface area contributed by atoms with Crippen LogP contribution in [0, 0.1) is 9.12 Å². The highest BCUT2D eigenvalue weighted by atomic mass is 127. The maximum Gasteiger partial charge on any atom is 0.246 e. The molecule has 5 aromatic rings. The van der Waals surface area contributed by atoms with Crippen molar-refractivity contribution in [2.75, 3.05) is 33.3 Å². The van der Waals surface area contributed by atoms with Gasteiger partial charge in [0.05, 0.1) is 16.5 Å². The summed E-state index contributed by atoms with van der Waals surface area (Å²) in [6.07, 6.45) is 5.36. The van der Waals surface area contributed by atoms with Crippen molar-refractivity contribution < 1.29 is 24.2 Å². The fourth-order valence-corrected chi connectivity index (χ4v) is 10.2. The molecule has 350 valence electrons. The number of nitrogens with one attached hydrogen (secondary N) is 2. The predicted octanol–water partition coefficient (Wildman–Crippen LogP) is 10.2. The number of likely N-dealkylation sites (N-methyl/N-ethyl adjacent to an activating group) is 1. The number of halogens is 1. The van der Waals surface area contributed by atoms with E-state index in [9.17, 15) is 19.5 Å². The fourth-order valence-electron chi connectivity index (χ4n) is 8.49. The number of carbonyl (C=O) groups excluding carboxylic acids is 3. The van der Waals surface area contributed by atoms with Gasteiger partial charge in [-0.1, -0.05) is 144 Å². The Labute approximate surface area is 409 Å². The standard InChI is InChI=1S/C54H66IN5O5S/c1-6-45(39-18-12-10-13-19-39)48(40-20-14-11-15-21-40)41-27-29-44(30-28-41)65-33-32-59(5)31-17-9-7-8-16-22-47(62)58-50(54(2,3)4)53(64)60-36-43(61)34-46(60)52(63)56-35-38-23-25-42(26-24-38)49-51(55)57-37-66-49/h10-15,18-21,23-30,37,43,46,50,61H,6-9,16-17,22,31-36H2,1-5H3,(H,56,63)(H,58,62)/b48-45-/t43-,46+,50-/m1/s1. The molecule has 3 amide bonds. The summed E-state index contributed by atoms with van der Waals surface area (Å²) in [6.45, 7) is 10.7. The number of allylic oxidation sites excluding steroid dienone is 1. The molecule has 2 heterocycles. The third-order valence-electron chi connectivity index (χ3n) is 12.2. The lowest BCUT2D eigenvalue weighted by atomic mass is 9.85. The number of rotatable bonds is 22. The molecule has 1 aliphatic rings. The summed E-state index contributed by atoms with van der Waals surface area (Å²) in [4.78, 5) is 49.9. The normalized spacial score (nSPS) is 15.9. The van der Waals surface area contributed by atoms with Crippen LogP contribution >= 0.6 is 33.9 Å². The first-order valence-corrected chi connectivity index (χ1v) is 25.3. The van der Waals surface area contributed by atoms with E-state index >= 15 is 0 Å². The second-order valence-electron chi connectivity index (χ2n) is 18.3. The molecule has 0 unspecified atom stereocenters. The molecule has 3 atom stereocenters. The van der Waals surface area contributed by atoms with E-state index in [1.807, 2.05) is 50.5 Å². The van der Waals surface area contributed by atoms with Gasteiger partial charge < -0.3 is 30.3 Å². The number of hydrogen-bond acceptors (Lipinski definition) is 8. The van der Waals surface area contributed by atoms with Gasteiger partial charge >= 0.3 is 0 Å². The van der Waals surface area contributed by atoms with Gasteiger partial charge in [0.15, 0.2) is 0 Å². The first-order chi connectivity index (χ1) is 31.8. The summed E-state index contributed by atoms with van der Waals surface area (Å²) in [5, 5.41) is 16.6. The number of unbranched alkanes of at least 4 members (excludes halogenated alkanes) is 4. The topological polar surface area (TPSA) is 124 Å². The monoisotopic (exact) mass is 1020 g/mol. The number of aromatic nitrogens is 1. The van der Waals surface area contributed by atoms with E-state index in [4.69, 9.17) is 4.74 Å². The number of amides is 3. The predicted molar refractivity (Wildman–Crippen MR) is 276 cm³/mol. The number of aliphatic hydroxyl groups is 1. The van der Waals surface area contributed by atoms with Crippen molar-refractivity contribution in [1.82, 2.24) is 25.4 Å². The highest BCUT2D eigenvalue weighted by Crippen LogP contribution is 2.35. The fraction of sp³-hybridized carbons (Fsp3) is 0.407. The molecule has 4 aromatic carbocycles. The molecule has 6 rings (SSSR count). The van der Waals surface area contributed by atoms with Crippen molar-refractivity contribution in [3.63, 3.8) is 0 Å². The van der Waals surface area contributed by atoms with Crippen molar-refractivity contribution in [1.29, 1.82) is 0 Å². The minimum atomic E-state index is -0.838. The van der Waals surface area contributed by atoms with Gasteiger partial charge in [-0.05, 0) is 112 Å². The molecule has 1 saturated heterocycles. The largest absolute Gasteiger partial charge is 0.492 e. The van der Waals surface area contributed by atoms with Gasteiger partial charge in [0.1, 0.15) is 28.1 Å². The van der Waals surface area contributed by atoms with Gasteiger partial charge in [0.25, 0.3) is 0 Å². The molecule has 0 bridgehead atoms. The zero-order valence-corrected chi connectivity index (χ0v) is 42.1. The number of nitrogens with zero attached hydrogens (tertiary/aromatic N) is 3. The first-order valence-electron chi connectivity index (χ1n) is 23.3. The average molecular weight is 1020 g/mol. The zero-order valence-electron chi connectivity index (χ0n) is 39.1. The molecule has 0 spiro atoms. The lowest BCUT2D eigenvalue weighted by Crippen LogP contribution is -2.57. The third-order valence-corrected chi connectivity index (χ3v) is 14.2. The van der Waals surface area contributed by atoms with Crippen LogP contribution in [0.25, 0.3) is 21.6 Å². The van der Waals surface area contributed by atoms with Gasteiger partial charge in [-0.2, -0.15) is 0 Å². The van der Waals surface area contributed by atoms with Crippen molar-refractivity contribution >= 4 is 62.8 Å². The van der Waals surface area contributed by atoms with E-state index < -0.39 is 23.6 Å². The lowest BCUT2D eigenvalue weighted by molar-refractivity contribution is -0.144. The molecule has 12 heteroatoms. The Morgan fingerprint density at radius 2 is 1.50 bits per heavy atom. The van der Waals surface area contributed by atoms with E-state index in [0.29, 0.717) is 19.6 Å². The van der Waals surface area contributed by atoms with E-state index in [1.54, 1.807) is 11.3 Å². The maximum absolute atomic E-state index is 14.0. The van der Waals surface area contributed by atoms with Gasteiger partial charge in [0, 0.05) is 32.5 Å². The van der Waals surface area contributed by atoms with Crippen LogP contribution in [0.3, 0.4) is 0 Å². The van der Waals surface area contributed by atoms with Crippen molar-refractivity contribution in [3.05, 3.63) is 141 Å². The first kappa shape index (κ1) is 50.5. The molecule has 0 aliphatic carbocycles. The molecule has 1 aromatic heterocycles. The lowest BCUT2D eigenvalue weighted by Gasteiger charge is -2.35. The molecular formula is C54H66IN5O5S. The van der Waals surface area contributed by atoms with Gasteiger partial charge in [0.2, 0.25) is 17.7 Å². The van der Waals surface area contributed by atoms with Gasteiger partial charge in [-0.25, -0.2) is 4.98 Å². The number of hydrogen-bond donors (Lipinski definition) is 3. The van der Waals surface area contributed by atoms with Gasteiger partial charge in [-0.3, -0.25) is 14.4 Å². The van der Waals surface area contributed by atoms with Crippen molar-refractivity contribution in [2.24, 2.45) is 5.41 Å². The summed E-state index contributed by atoms with van der Waals surface area (Å²) >= 11 is 3.80. The SMILES string of the molecule is CC/C(=C(\c1ccccc1)c1ccc(OCCN(C)CCCCCCCC(=O)N[C@H](C(=O)N2C[C@H](O)C[C@H]2C(=O)NCc2ccc(-c3scnc3I)cc2)C(C)(C)C)cc1)c1ccccc1. The van der Waals surface area contributed by atoms with E-state index in [1.165, 1.54) is 32.7 Å². The van der Waals surface area contributed by atoms with Crippen LogP contribution in [-0.4, -0.2) is 89.1 Å². The van der Waals surface area contributed by atoms with Crippen LogP contribution in [0.15, 0.2) is 115 Å². The summed E-state index contributed by atoms with van der Waals surface area (Å²) in [5.41, 5.74) is 9.37. The Kier molecular flexibility index (Phi) is 18.9. The van der Waals surface area contributed by atoms with Crippen LogP contribution in [0.2, 0.25) is 0 Å². The Hall–Kier alpha value is -4.89. The minimum Gasteiger partial charge on any atom is -0.492 e. The second-order valence-corrected chi connectivity index (χ2v) is 20.2. The van der Waals surface area contributed by atoms with Crippen LogP contribution < -0.4 is 15.4 Å². The van der Waals surface area contributed by atoms with Crippen LogP contribution in [0.4, 0.5) is 0 Å². The molecule has 0 radical (unpaired) electrons. The summed E-state index contributed by atoms with van der Waals surface area (Å²) in [7, 11) is 2.12. The van der Waals surface area contributed by atoms with Crippen LogP contribution in [0.1, 0.15) is 101 Å². The smallest absolute Gasteiger partial charge is 0.246 e. The molecule has 1 fully saturated rings. The van der Waals surface area contributed by atoms with Gasteiger partial charge in [-0.15, -0.1) is 11.3 Å². The highest BCUT2D eigenvalue weighted by Gasteiger charge is 2.44. The summed E-state index contributed by atoms with van der Waals surface area (Å²) in [6, 6.07) is 36.0. The highest BCUT2D eigenvalue weighted by molar-refractivity contribution is 14.1. The Balaban J connectivity index is 0.884. The Morgan fingerprint density at radius 1 is 0.864 bits per heavy atom. The minimum absolute atomic E-state index is 0.0432. The second kappa shape index (κ2) is 24.8. The van der Waals surface area contributed by atoms with E-state index in [-0.39, 0.29) is 30.7 Å². The average Bonchev–Trinajstić information content (AvgIpc) is 3.94. The Morgan fingerprint density at radius 3 is 2.14 bits per heavy atom. The molecule has 3 N–H and O–H groups in total. The summed E-state index contributed by atoms with van der Waals surface area (Å²) in [5.74, 6) is 0.00844. The number of likely N-dealkylation sites (tertiary alicyclic amines) is 1. The molecule has 10 nitrogen and oxygen atoms in total. The number of β-amino-alcohol motifs (C(OH)–C–C–N with tert-alkyl or cyclic N) is 1. The number of ether oxygens (including phenoxy) is 1. The van der Waals surface area contributed by atoms with E-state index in [2.05, 4.69) is 142 Å². The molecule has 0 saturated carbocycles. The Bertz CT molecular complexity index is 2350. The third kappa shape index (κ3) is 14.3. The number of carbonyl (C=O) groups is 3. The molecule has 1 aliphatic heterocycles. The van der Waals surface area contributed by atoms with Crippen molar-refractivity contribution in [2.45, 2.75) is 104 Å². The quantitative estimate of drug-likeness (QED) is 0.0358. The van der Waals surface area contributed by atoms with Crippen LogP contribution in [-0.2, 0) is 20.9 Å². The summed E-state index contributed by atoms with van der Waals surface area (Å²) < 4.78 is 7.12. The van der Waals surface area contributed by atoms with E-state index in [0.717, 1.165) is 77.1 Å². The van der Waals surface area contributed by atoms with Crippen LogP contribution in [0.5, 0.6) is 5.75 Å².